The third kappa shape index (κ3) is 3.27. The van der Waals surface area contributed by atoms with Crippen molar-refractivity contribution in [2.75, 3.05) is 17.7 Å². The van der Waals surface area contributed by atoms with Crippen molar-refractivity contribution in [2.24, 2.45) is 0 Å². The van der Waals surface area contributed by atoms with Crippen LogP contribution in [0.25, 0.3) is 10.9 Å². The van der Waals surface area contributed by atoms with Crippen LogP contribution in [0.3, 0.4) is 0 Å². The molecule has 0 radical (unpaired) electrons. The number of methoxy groups -OCH3 is 1. The maximum atomic E-state index is 13.6. The minimum atomic E-state index is -0.529. The number of hydrogen-bond acceptors (Lipinski definition) is 3. The number of urea groups is 1. The van der Waals surface area contributed by atoms with E-state index in [1.807, 2.05) is 13.0 Å². The molecule has 0 aliphatic carbocycles. The van der Waals surface area contributed by atoms with Crippen LogP contribution in [-0.2, 0) is 0 Å². The molecular formula is C18H16FN3O2. The van der Waals surface area contributed by atoms with Gasteiger partial charge in [0.2, 0.25) is 0 Å². The van der Waals surface area contributed by atoms with E-state index in [-0.39, 0.29) is 5.69 Å². The molecule has 0 fully saturated rings. The van der Waals surface area contributed by atoms with Gasteiger partial charge in [0.25, 0.3) is 0 Å². The molecular weight excluding hydrogens is 309 g/mol. The number of carbonyl (C=O) groups excluding carboxylic acids is 1. The van der Waals surface area contributed by atoms with Gasteiger partial charge in [0, 0.05) is 22.8 Å². The number of aromatic nitrogens is 1. The number of pyridine rings is 1. The van der Waals surface area contributed by atoms with Crippen LogP contribution in [0.4, 0.5) is 20.6 Å². The first kappa shape index (κ1) is 15.7. The van der Waals surface area contributed by atoms with Crippen LogP contribution in [0.2, 0.25) is 0 Å². The van der Waals surface area contributed by atoms with Crippen molar-refractivity contribution >= 4 is 28.3 Å². The van der Waals surface area contributed by atoms with Gasteiger partial charge in [0.15, 0.2) is 0 Å². The number of carbonyl (C=O) groups is 1. The topological polar surface area (TPSA) is 63.2 Å². The summed E-state index contributed by atoms with van der Waals surface area (Å²) in [7, 11) is 1.58. The average molecular weight is 325 g/mol. The first-order chi connectivity index (χ1) is 11.6. The molecule has 5 nitrogen and oxygen atoms in total. The van der Waals surface area contributed by atoms with Crippen molar-refractivity contribution in [1.29, 1.82) is 0 Å². The number of anilines is 2. The van der Waals surface area contributed by atoms with Crippen LogP contribution in [0, 0.1) is 12.7 Å². The summed E-state index contributed by atoms with van der Waals surface area (Å²) >= 11 is 0. The molecule has 0 atom stereocenters. The summed E-state index contributed by atoms with van der Waals surface area (Å²) in [6.07, 6.45) is 0. The Hall–Kier alpha value is -3.15. The predicted molar refractivity (Wildman–Crippen MR) is 92.1 cm³/mol. The number of halogens is 1. The molecule has 1 heterocycles. The first-order valence-corrected chi connectivity index (χ1v) is 7.35. The highest BCUT2D eigenvalue weighted by Gasteiger charge is 2.09. The Morgan fingerprint density at radius 1 is 1.12 bits per heavy atom. The van der Waals surface area contributed by atoms with Crippen LogP contribution in [0.1, 0.15) is 5.69 Å². The van der Waals surface area contributed by atoms with E-state index in [2.05, 4.69) is 15.6 Å². The van der Waals surface area contributed by atoms with Crippen LogP contribution in [0.15, 0.2) is 48.5 Å². The Balaban J connectivity index is 1.84. The van der Waals surface area contributed by atoms with Crippen LogP contribution >= 0.6 is 0 Å². The Labute approximate surface area is 138 Å². The number of hydrogen-bond donors (Lipinski definition) is 2. The quantitative estimate of drug-likeness (QED) is 0.753. The van der Waals surface area contributed by atoms with E-state index >= 15 is 0 Å². The number of nitrogens with one attached hydrogen (secondary N) is 2. The number of amides is 2. The molecule has 6 heteroatoms. The second-order valence-corrected chi connectivity index (χ2v) is 5.26. The molecule has 3 rings (SSSR count). The van der Waals surface area contributed by atoms with Gasteiger partial charge in [0.1, 0.15) is 11.6 Å². The third-order valence-corrected chi connectivity index (χ3v) is 3.50. The van der Waals surface area contributed by atoms with Gasteiger partial charge in [0.05, 0.1) is 18.3 Å². The average Bonchev–Trinajstić information content (AvgIpc) is 2.56. The van der Waals surface area contributed by atoms with E-state index in [1.165, 1.54) is 12.1 Å². The molecule has 0 saturated heterocycles. The number of aryl methyl sites for hydroxylation is 1. The molecule has 122 valence electrons. The summed E-state index contributed by atoms with van der Waals surface area (Å²) in [5.74, 6) is 0.183. The molecule has 24 heavy (non-hydrogen) atoms. The molecule has 0 spiro atoms. The highest BCUT2D eigenvalue weighted by molar-refractivity contribution is 6.01. The summed E-state index contributed by atoms with van der Waals surface area (Å²) < 4.78 is 18.9. The van der Waals surface area contributed by atoms with Crippen LogP contribution in [0.5, 0.6) is 5.75 Å². The molecule has 0 aliphatic heterocycles. The lowest BCUT2D eigenvalue weighted by Crippen LogP contribution is -2.20. The third-order valence-electron chi connectivity index (χ3n) is 3.50. The number of benzene rings is 2. The van der Waals surface area contributed by atoms with Gasteiger partial charge in [-0.1, -0.05) is 12.1 Å². The summed E-state index contributed by atoms with van der Waals surface area (Å²) in [6.45, 7) is 1.88. The van der Waals surface area contributed by atoms with Gasteiger partial charge in [-0.3, -0.25) is 4.98 Å². The number of para-hydroxylation sites is 1. The lowest BCUT2D eigenvalue weighted by atomic mass is 10.1. The van der Waals surface area contributed by atoms with E-state index in [0.717, 1.165) is 16.6 Å². The summed E-state index contributed by atoms with van der Waals surface area (Å²) in [5, 5.41) is 5.93. The smallest absolute Gasteiger partial charge is 0.323 e. The van der Waals surface area contributed by atoms with Gasteiger partial charge < -0.3 is 15.4 Å². The number of rotatable bonds is 3. The summed E-state index contributed by atoms with van der Waals surface area (Å²) in [6, 6.07) is 12.6. The van der Waals surface area contributed by atoms with Crippen molar-refractivity contribution in [3.8, 4) is 5.75 Å². The molecule has 0 unspecified atom stereocenters. The van der Waals surface area contributed by atoms with Gasteiger partial charge in [-0.15, -0.1) is 0 Å². The lowest BCUT2D eigenvalue weighted by Gasteiger charge is -2.11. The zero-order valence-electron chi connectivity index (χ0n) is 13.3. The van der Waals surface area contributed by atoms with Crippen LogP contribution in [-0.4, -0.2) is 18.1 Å². The molecule has 2 aromatic carbocycles. The number of ether oxygens (including phenoxy) is 1. The Morgan fingerprint density at radius 2 is 1.92 bits per heavy atom. The predicted octanol–water partition coefficient (Wildman–Crippen LogP) is 4.33. The molecule has 2 N–H and O–H groups in total. The van der Waals surface area contributed by atoms with Crippen molar-refractivity contribution in [1.82, 2.24) is 4.98 Å². The fourth-order valence-electron chi connectivity index (χ4n) is 2.41. The normalized spacial score (nSPS) is 10.5. The lowest BCUT2D eigenvalue weighted by molar-refractivity contribution is 0.262. The van der Waals surface area contributed by atoms with E-state index in [0.29, 0.717) is 11.4 Å². The van der Waals surface area contributed by atoms with Gasteiger partial charge in [-0.05, 0) is 37.3 Å². The second kappa shape index (κ2) is 6.54. The molecule has 3 aromatic rings. The molecule has 0 saturated carbocycles. The zero-order chi connectivity index (χ0) is 17.1. The molecule has 1 aromatic heterocycles. The van der Waals surface area contributed by atoms with E-state index < -0.39 is 11.8 Å². The highest BCUT2D eigenvalue weighted by Crippen LogP contribution is 2.28. The maximum absolute atomic E-state index is 13.6. The fourth-order valence-corrected chi connectivity index (χ4v) is 2.41. The SMILES string of the molecule is COc1cc(C)nc2ccc(NC(=O)Nc3ccccc3F)cc12. The first-order valence-electron chi connectivity index (χ1n) is 7.35. The molecule has 0 aliphatic rings. The standard InChI is InChI=1S/C18H16FN3O2/c1-11-9-17(24-2)13-10-12(7-8-15(13)20-11)21-18(23)22-16-6-4-3-5-14(16)19/h3-10H,1-2H3,(H2,21,22,23). The van der Waals surface area contributed by atoms with Gasteiger partial charge in [-0.25, -0.2) is 9.18 Å². The number of fused-ring (bicyclic) bond motifs is 1. The fraction of sp³-hybridized carbons (Fsp3) is 0.111. The second-order valence-electron chi connectivity index (χ2n) is 5.26. The largest absolute Gasteiger partial charge is 0.496 e. The summed E-state index contributed by atoms with van der Waals surface area (Å²) in [4.78, 5) is 16.5. The van der Waals surface area contributed by atoms with Gasteiger partial charge >= 0.3 is 6.03 Å². The summed E-state index contributed by atoms with van der Waals surface area (Å²) in [5.41, 5.74) is 2.29. The Bertz CT molecular complexity index is 912. The highest BCUT2D eigenvalue weighted by atomic mass is 19.1. The zero-order valence-corrected chi connectivity index (χ0v) is 13.3. The Morgan fingerprint density at radius 3 is 2.67 bits per heavy atom. The van der Waals surface area contributed by atoms with Crippen LogP contribution < -0.4 is 15.4 Å². The van der Waals surface area contributed by atoms with Crippen molar-refractivity contribution in [3.63, 3.8) is 0 Å². The van der Waals surface area contributed by atoms with Crippen molar-refractivity contribution in [3.05, 3.63) is 60.0 Å². The van der Waals surface area contributed by atoms with Crippen molar-refractivity contribution in [2.45, 2.75) is 6.92 Å². The minimum Gasteiger partial charge on any atom is -0.496 e. The van der Waals surface area contributed by atoms with E-state index in [9.17, 15) is 9.18 Å². The van der Waals surface area contributed by atoms with E-state index in [4.69, 9.17) is 4.74 Å². The minimum absolute atomic E-state index is 0.116. The Kier molecular flexibility index (Phi) is 4.29. The number of nitrogens with zero attached hydrogens (tertiary/aromatic N) is 1. The van der Waals surface area contributed by atoms with Gasteiger partial charge in [-0.2, -0.15) is 0 Å². The van der Waals surface area contributed by atoms with E-state index in [1.54, 1.807) is 37.4 Å². The molecule has 0 bridgehead atoms. The maximum Gasteiger partial charge on any atom is 0.323 e. The molecule has 2 amide bonds. The van der Waals surface area contributed by atoms with Crippen molar-refractivity contribution < 1.29 is 13.9 Å². The monoisotopic (exact) mass is 325 g/mol.